The minimum atomic E-state index is -7.00. The third kappa shape index (κ3) is 26.8. The van der Waals surface area contributed by atoms with Crippen molar-refractivity contribution in [2.45, 2.75) is 218 Å². The maximum atomic E-state index is 14.4. The zero-order valence-electron chi connectivity index (χ0n) is 72.4. The maximum absolute atomic E-state index is 14.4. The summed E-state index contributed by atoms with van der Waals surface area (Å²) in [7, 11) is 0. The van der Waals surface area contributed by atoms with Crippen LogP contribution in [0.5, 0.6) is 0 Å². The molecule has 0 fully saturated rings. The van der Waals surface area contributed by atoms with Crippen LogP contribution in [0, 0.1) is 23.7 Å². The van der Waals surface area contributed by atoms with Gasteiger partial charge in [0.1, 0.15) is 0 Å². The topological polar surface area (TPSA) is 92.2 Å². The van der Waals surface area contributed by atoms with Gasteiger partial charge in [0.25, 0.3) is 0 Å². The van der Waals surface area contributed by atoms with Crippen LogP contribution in [0.15, 0.2) is 243 Å². The molecular weight excluding hydrogens is 2300 g/mol. The predicted molar refractivity (Wildman–Crippen MR) is 399 cm³/mol. The molecule has 0 unspecified atom stereocenters. The van der Waals surface area contributed by atoms with E-state index in [1.165, 1.54) is 48.5 Å². The number of benzene rings is 8. The van der Waals surface area contributed by atoms with E-state index in [4.69, 9.17) is 0 Å². The predicted octanol–water partition coefficient (Wildman–Crippen LogP) is 29.0. The molecular formula is C88H60F56O4Sn. The smallest absolute Gasteiger partial charge is 0.842 e. The van der Waals surface area contributed by atoms with Gasteiger partial charge in [-0.05, 0) is 23.7 Å². The van der Waals surface area contributed by atoms with E-state index in [0.29, 0.717) is 0 Å². The summed E-state index contributed by atoms with van der Waals surface area (Å²) < 4.78 is 752. The second kappa shape index (κ2) is 44.5. The van der Waals surface area contributed by atoms with Gasteiger partial charge in [-0.15, -0.1) is 0 Å². The second-order valence-electron chi connectivity index (χ2n) is 32.5. The van der Waals surface area contributed by atoms with E-state index in [9.17, 15) is 266 Å². The molecule has 61 heteroatoms. The summed E-state index contributed by atoms with van der Waals surface area (Å²) in [5, 5.41) is 56.0. The standard InChI is InChI=1S/4C22H15F14O.Sn/c4*23-16(24,19(27,28)21(31,32)33)11-15(12-17(25,26)20(29,30)22(34,35)36)18(37,13-7-3-1-4-8-13)14-9-5-2-6-10-14;/h4*1-10,15H,11-12H2;/q4*-1;+4. The van der Waals surface area contributed by atoms with Gasteiger partial charge in [0.2, 0.25) is 0 Å². The Balaban J connectivity index is 0.000000413. The van der Waals surface area contributed by atoms with Crippen molar-refractivity contribution in [3.63, 3.8) is 0 Å². The molecule has 0 radical (unpaired) electrons. The minimum Gasteiger partial charge on any atom is -0.842 e. The van der Waals surface area contributed by atoms with Crippen molar-refractivity contribution in [1.29, 1.82) is 0 Å². The van der Waals surface area contributed by atoms with Crippen molar-refractivity contribution in [3.8, 4) is 0 Å². The zero-order valence-corrected chi connectivity index (χ0v) is 75.2. The maximum Gasteiger partial charge on any atom is 4.00 e. The summed E-state index contributed by atoms with van der Waals surface area (Å²) in [5.41, 5.74) is -21.6. The molecule has 149 heavy (non-hydrogen) atoms. The van der Waals surface area contributed by atoms with E-state index in [1.54, 1.807) is 0 Å². The van der Waals surface area contributed by atoms with Crippen LogP contribution >= 0.6 is 0 Å². The summed E-state index contributed by atoms with van der Waals surface area (Å²) in [4.78, 5) is 0. The van der Waals surface area contributed by atoms with E-state index >= 15 is 0 Å². The number of alkyl halides is 56. The summed E-state index contributed by atoms with van der Waals surface area (Å²) >= 11 is 0. The first-order valence-electron chi connectivity index (χ1n) is 39.9. The first-order valence-corrected chi connectivity index (χ1v) is 39.9. The van der Waals surface area contributed by atoms with Crippen LogP contribution in [0.1, 0.15) is 95.9 Å². The monoisotopic (exact) mass is 2360 g/mol. The number of hydrogen-bond acceptors (Lipinski definition) is 4. The fourth-order valence-corrected chi connectivity index (χ4v) is 14.6. The fraction of sp³-hybridized carbons (Fsp3) is 0.455. The third-order valence-electron chi connectivity index (χ3n) is 22.5. The van der Waals surface area contributed by atoms with Gasteiger partial charge in [0.05, 0.1) is 0 Å². The van der Waals surface area contributed by atoms with Gasteiger partial charge in [-0.3, -0.25) is 0 Å². The zero-order chi connectivity index (χ0) is 115. The van der Waals surface area contributed by atoms with Crippen molar-refractivity contribution in [2.24, 2.45) is 23.7 Å². The number of rotatable bonds is 36. The van der Waals surface area contributed by atoms with Gasteiger partial charge in [0, 0.05) is 51.4 Å². The van der Waals surface area contributed by atoms with Crippen LogP contribution in [-0.4, -0.2) is 168 Å². The summed E-state index contributed by atoms with van der Waals surface area (Å²) in [6.07, 6.45) is -81.0. The molecule has 4 nitrogen and oxygen atoms in total. The molecule has 832 valence electrons. The molecule has 0 aliphatic carbocycles. The molecule has 0 heterocycles. The molecule has 8 aromatic rings. The van der Waals surface area contributed by atoms with E-state index in [-0.39, 0.29) is 23.9 Å². The molecule has 0 bridgehead atoms. The van der Waals surface area contributed by atoms with Crippen LogP contribution in [0.25, 0.3) is 0 Å². The van der Waals surface area contributed by atoms with Gasteiger partial charge < -0.3 is 20.4 Å². The fourth-order valence-electron chi connectivity index (χ4n) is 14.6. The Morgan fingerprint density at radius 1 is 0.128 bits per heavy atom. The molecule has 8 rings (SSSR count). The first kappa shape index (κ1) is 132. The van der Waals surface area contributed by atoms with Crippen molar-refractivity contribution >= 4 is 23.9 Å². The molecule has 0 saturated carbocycles. The molecule has 0 saturated heterocycles. The van der Waals surface area contributed by atoms with Gasteiger partial charge >= 0.3 is 168 Å². The molecule has 0 aromatic heterocycles. The Bertz CT molecular complexity index is 4480. The average Bonchev–Trinajstić information content (AvgIpc) is 0.740. The van der Waals surface area contributed by atoms with Crippen LogP contribution in [0.4, 0.5) is 246 Å². The molecule has 0 aliphatic rings. The van der Waals surface area contributed by atoms with E-state index in [1.807, 2.05) is 0 Å². The van der Waals surface area contributed by atoms with E-state index < -0.39 is 286 Å². The van der Waals surface area contributed by atoms with Crippen molar-refractivity contribution in [1.82, 2.24) is 0 Å². The normalized spacial score (nSPS) is 14.7. The van der Waals surface area contributed by atoms with Gasteiger partial charge in [-0.1, -0.05) is 310 Å². The quantitative estimate of drug-likeness (QED) is 0.0289. The molecule has 8 aromatic carbocycles. The third-order valence-corrected chi connectivity index (χ3v) is 22.5. The molecule has 0 aliphatic heterocycles. The summed E-state index contributed by atoms with van der Waals surface area (Å²) in [6, 6.07) is 37.2. The molecule has 0 amide bonds. The van der Waals surface area contributed by atoms with Gasteiger partial charge in [0.15, 0.2) is 0 Å². The summed E-state index contributed by atoms with van der Waals surface area (Å²) in [5.74, 6) is -121. The molecule has 0 spiro atoms. The Labute approximate surface area is 816 Å². The average molecular weight is 2360 g/mol. The van der Waals surface area contributed by atoms with Crippen LogP contribution in [-0.2, 0) is 22.4 Å². The first-order chi connectivity index (χ1) is 66.1. The number of hydrogen-bond donors (Lipinski definition) is 0. The summed E-state index contributed by atoms with van der Waals surface area (Å²) in [6.45, 7) is 0. The number of halogens is 56. The Hall–Kier alpha value is -9.52. The Morgan fingerprint density at radius 2 is 0.195 bits per heavy atom. The van der Waals surface area contributed by atoms with Crippen LogP contribution in [0.3, 0.4) is 0 Å². The Morgan fingerprint density at radius 3 is 0.255 bits per heavy atom. The van der Waals surface area contributed by atoms with Crippen molar-refractivity contribution in [2.75, 3.05) is 0 Å². The second-order valence-corrected chi connectivity index (χ2v) is 32.5. The largest absolute Gasteiger partial charge is 4.00 e. The van der Waals surface area contributed by atoms with Crippen molar-refractivity contribution in [3.05, 3.63) is 287 Å². The van der Waals surface area contributed by atoms with Gasteiger partial charge in [-0.2, -0.15) is 246 Å². The minimum absolute atomic E-state index is 0. The van der Waals surface area contributed by atoms with Gasteiger partial charge in [-0.25, -0.2) is 0 Å². The van der Waals surface area contributed by atoms with E-state index in [0.717, 1.165) is 194 Å². The Kier molecular flexibility index (Phi) is 39.4. The molecule has 0 N–H and O–H groups in total. The van der Waals surface area contributed by atoms with Crippen molar-refractivity contribution < 1.29 is 266 Å². The van der Waals surface area contributed by atoms with Crippen LogP contribution < -0.4 is 20.4 Å². The van der Waals surface area contributed by atoms with E-state index in [2.05, 4.69) is 0 Å². The van der Waals surface area contributed by atoms with Crippen LogP contribution in [0.2, 0.25) is 0 Å². The molecule has 0 atom stereocenters. The SMILES string of the molecule is [O-]C(c1ccccc1)(c1ccccc1)C(CC(F)(F)C(F)(F)C(F)(F)F)CC(F)(F)C(F)(F)C(F)(F)F.[O-]C(c1ccccc1)(c1ccccc1)C(CC(F)(F)C(F)(F)C(F)(F)F)CC(F)(F)C(F)(F)C(F)(F)F.[O-]C(c1ccccc1)(c1ccccc1)C(CC(F)(F)C(F)(F)C(F)(F)F)CC(F)(F)C(F)(F)C(F)(F)F.[O-]C(c1ccccc1)(c1ccccc1)C(CC(F)(F)C(F)(F)C(F)(F)F)CC(F)(F)C(F)(F)C(F)(F)F.[Sn+4].